The minimum Gasteiger partial charge on any atom is -0.513 e. The summed E-state index contributed by atoms with van der Waals surface area (Å²) in [4.78, 5) is 0. The molecular formula is C29H50O3. The number of allylic oxidation sites excluding steroid dienone is 5. The van der Waals surface area contributed by atoms with Crippen LogP contribution in [0.5, 0.6) is 0 Å². The number of hydrogen-bond acceptors (Lipinski definition) is 3. The first-order valence-electron chi connectivity index (χ1n) is 12.7. The fraction of sp³-hybridized carbons (Fsp3) is 0.724. The average Bonchev–Trinajstić information content (AvgIpc) is 2.69. The molecule has 0 aromatic rings. The summed E-state index contributed by atoms with van der Waals surface area (Å²) in [6, 6.07) is 0. The second-order valence-electron chi connectivity index (χ2n) is 10.8. The molecule has 4 atom stereocenters. The van der Waals surface area contributed by atoms with Gasteiger partial charge in [-0.05, 0) is 103 Å². The fourth-order valence-corrected chi connectivity index (χ4v) is 4.43. The van der Waals surface area contributed by atoms with Crippen LogP contribution in [0.25, 0.3) is 0 Å². The number of rotatable bonds is 15. The van der Waals surface area contributed by atoms with Crippen molar-refractivity contribution in [2.75, 3.05) is 0 Å². The zero-order valence-electron chi connectivity index (χ0n) is 21.7. The predicted molar refractivity (Wildman–Crippen MR) is 138 cm³/mol. The Labute approximate surface area is 198 Å². The molecule has 1 rings (SSSR count). The van der Waals surface area contributed by atoms with E-state index >= 15 is 0 Å². The summed E-state index contributed by atoms with van der Waals surface area (Å²) in [7, 11) is 0. The highest BCUT2D eigenvalue weighted by Crippen LogP contribution is 2.29. The largest absolute Gasteiger partial charge is 0.513 e. The molecule has 4 unspecified atom stereocenters. The van der Waals surface area contributed by atoms with E-state index in [9.17, 15) is 15.3 Å². The van der Waals surface area contributed by atoms with Crippen LogP contribution in [0.2, 0.25) is 0 Å². The van der Waals surface area contributed by atoms with Crippen molar-refractivity contribution in [3.63, 3.8) is 0 Å². The van der Waals surface area contributed by atoms with Gasteiger partial charge in [-0.15, -0.1) is 0 Å². The smallest absolute Gasteiger partial charge is 0.0934 e. The molecular weight excluding hydrogens is 396 g/mol. The zero-order chi connectivity index (χ0) is 24.3. The van der Waals surface area contributed by atoms with Crippen molar-refractivity contribution in [2.24, 2.45) is 11.8 Å². The first-order chi connectivity index (χ1) is 14.9. The maximum absolute atomic E-state index is 10.6. The Hall–Kier alpha value is -1.32. The maximum atomic E-state index is 10.6. The van der Waals surface area contributed by atoms with Crippen LogP contribution in [0.15, 0.2) is 46.8 Å². The van der Waals surface area contributed by atoms with Crippen LogP contribution in [0, 0.1) is 11.8 Å². The SMILES string of the molecule is C=C(O)C(C)CCCC(C)(O)CC/C=C(\C)CCCC(C)CCC1=CC(O)C(C)=C(C)C1. The summed E-state index contributed by atoms with van der Waals surface area (Å²) in [6.45, 7) is 16.2. The fourth-order valence-electron chi connectivity index (χ4n) is 4.43. The van der Waals surface area contributed by atoms with Crippen molar-refractivity contribution in [1.82, 2.24) is 0 Å². The second kappa shape index (κ2) is 14.1. The van der Waals surface area contributed by atoms with Crippen LogP contribution in [0.1, 0.15) is 112 Å². The minimum absolute atomic E-state index is 0.103. The van der Waals surface area contributed by atoms with Gasteiger partial charge in [-0.3, -0.25) is 0 Å². The Balaban J connectivity index is 2.22. The number of aliphatic hydroxyl groups excluding tert-OH is 2. The molecule has 0 aromatic carbocycles. The molecule has 0 saturated carbocycles. The van der Waals surface area contributed by atoms with Gasteiger partial charge in [0.25, 0.3) is 0 Å². The van der Waals surface area contributed by atoms with Crippen molar-refractivity contribution >= 4 is 0 Å². The molecule has 0 radical (unpaired) electrons. The summed E-state index contributed by atoms with van der Waals surface area (Å²) >= 11 is 0. The molecule has 0 heterocycles. The highest BCUT2D eigenvalue weighted by Gasteiger charge is 2.20. The molecule has 0 bridgehead atoms. The zero-order valence-corrected chi connectivity index (χ0v) is 21.7. The molecule has 0 spiro atoms. The lowest BCUT2D eigenvalue weighted by Crippen LogP contribution is -2.23. The Morgan fingerprint density at radius 1 is 1.19 bits per heavy atom. The molecule has 3 heteroatoms. The van der Waals surface area contributed by atoms with Gasteiger partial charge >= 0.3 is 0 Å². The van der Waals surface area contributed by atoms with Crippen molar-refractivity contribution < 1.29 is 15.3 Å². The van der Waals surface area contributed by atoms with E-state index in [4.69, 9.17) is 0 Å². The highest BCUT2D eigenvalue weighted by atomic mass is 16.3. The maximum Gasteiger partial charge on any atom is 0.0934 e. The predicted octanol–water partition coefficient (Wildman–Crippen LogP) is 7.96. The lowest BCUT2D eigenvalue weighted by atomic mass is 9.87. The van der Waals surface area contributed by atoms with E-state index < -0.39 is 5.60 Å². The molecule has 3 nitrogen and oxygen atoms in total. The molecule has 1 aliphatic rings. The lowest BCUT2D eigenvalue weighted by Gasteiger charge is -2.23. The van der Waals surface area contributed by atoms with Crippen LogP contribution in [0.4, 0.5) is 0 Å². The monoisotopic (exact) mass is 446 g/mol. The molecule has 0 fully saturated rings. The third-order valence-corrected chi connectivity index (χ3v) is 7.33. The van der Waals surface area contributed by atoms with Gasteiger partial charge in [0, 0.05) is 5.92 Å². The van der Waals surface area contributed by atoms with E-state index in [0.29, 0.717) is 5.92 Å². The summed E-state index contributed by atoms with van der Waals surface area (Å²) < 4.78 is 0. The lowest BCUT2D eigenvalue weighted by molar-refractivity contribution is 0.0393. The molecule has 3 N–H and O–H groups in total. The summed E-state index contributed by atoms with van der Waals surface area (Å²) in [5, 5.41) is 30.1. The first-order valence-corrected chi connectivity index (χ1v) is 12.7. The normalized spacial score (nSPS) is 21.2. The summed E-state index contributed by atoms with van der Waals surface area (Å²) in [6.07, 6.45) is 15.1. The standard InChI is InChI=1S/C29H50O3/c1-21(13-9-17-29(7,32)18-10-14-23(3)26(6)30)11-8-12-22(2)15-16-27-19-24(4)25(5)28(31)20-27/h13,20,22-23,28,30-32H,6,8-12,14-19H2,1-5,7H3/b21-13+. The van der Waals surface area contributed by atoms with Crippen molar-refractivity contribution in [3.05, 3.63) is 46.8 Å². The van der Waals surface area contributed by atoms with Crippen molar-refractivity contribution in [2.45, 2.75) is 124 Å². The average molecular weight is 447 g/mol. The Kier molecular flexibility index (Phi) is 12.6. The Morgan fingerprint density at radius 3 is 2.50 bits per heavy atom. The van der Waals surface area contributed by atoms with Crippen LogP contribution < -0.4 is 0 Å². The topological polar surface area (TPSA) is 60.7 Å². The third-order valence-electron chi connectivity index (χ3n) is 7.33. The molecule has 32 heavy (non-hydrogen) atoms. The van der Waals surface area contributed by atoms with Gasteiger partial charge in [0.05, 0.1) is 17.5 Å². The van der Waals surface area contributed by atoms with Gasteiger partial charge in [0.2, 0.25) is 0 Å². The quantitative estimate of drug-likeness (QED) is 0.177. The van der Waals surface area contributed by atoms with E-state index in [-0.39, 0.29) is 17.8 Å². The molecule has 0 amide bonds. The van der Waals surface area contributed by atoms with Crippen LogP contribution in [0.3, 0.4) is 0 Å². The molecule has 0 aliphatic heterocycles. The summed E-state index contributed by atoms with van der Waals surface area (Å²) in [5.41, 5.74) is 4.62. The Morgan fingerprint density at radius 2 is 1.88 bits per heavy atom. The van der Waals surface area contributed by atoms with E-state index in [1.807, 2.05) is 20.8 Å². The van der Waals surface area contributed by atoms with Crippen molar-refractivity contribution in [3.8, 4) is 0 Å². The van der Waals surface area contributed by atoms with E-state index in [1.54, 1.807) is 0 Å². The van der Waals surface area contributed by atoms with E-state index in [0.717, 1.165) is 56.9 Å². The molecule has 1 aliphatic carbocycles. The second-order valence-corrected chi connectivity index (χ2v) is 10.8. The van der Waals surface area contributed by atoms with Gasteiger partial charge in [0.15, 0.2) is 0 Å². The minimum atomic E-state index is -0.644. The van der Waals surface area contributed by atoms with Crippen LogP contribution >= 0.6 is 0 Å². The van der Waals surface area contributed by atoms with Gasteiger partial charge in [0.1, 0.15) is 0 Å². The van der Waals surface area contributed by atoms with E-state index in [1.165, 1.54) is 36.0 Å². The molecule has 0 saturated heterocycles. The molecule has 184 valence electrons. The first kappa shape index (κ1) is 28.7. The van der Waals surface area contributed by atoms with Crippen molar-refractivity contribution in [1.29, 1.82) is 0 Å². The third kappa shape index (κ3) is 11.5. The van der Waals surface area contributed by atoms with Gasteiger partial charge in [-0.25, -0.2) is 0 Å². The van der Waals surface area contributed by atoms with Gasteiger partial charge in [-0.2, -0.15) is 0 Å². The Bertz CT molecular complexity index is 681. The van der Waals surface area contributed by atoms with Gasteiger partial charge in [-0.1, -0.05) is 55.7 Å². The highest BCUT2D eigenvalue weighted by molar-refractivity contribution is 5.31. The van der Waals surface area contributed by atoms with E-state index in [2.05, 4.69) is 39.5 Å². The number of aliphatic hydroxyl groups is 3. The van der Waals surface area contributed by atoms with Crippen LogP contribution in [-0.4, -0.2) is 27.0 Å². The van der Waals surface area contributed by atoms with Gasteiger partial charge < -0.3 is 15.3 Å². The van der Waals surface area contributed by atoms with Crippen LogP contribution in [-0.2, 0) is 0 Å². The summed E-state index contributed by atoms with van der Waals surface area (Å²) in [5.74, 6) is 1.04. The molecule has 0 aromatic heterocycles. The number of hydrogen-bond donors (Lipinski definition) is 3.